The van der Waals surface area contributed by atoms with E-state index in [1.807, 2.05) is 0 Å². The van der Waals surface area contributed by atoms with Crippen molar-refractivity contribution in [3.8, 4) is 0 Å². The van der Waals surface area contributed by atoms with Crippen molar-refractivity contribution < 1.29 is 14.6 Å². The van der Waals surface area contributed by atoms with Gasteiger partial charge in [0.25, 0.3) is 0 Å². The van der Waals surface area contributed by atoms with E-state index in [0.29, 0.717) is 13.2 Å². The number of nitrogens with zero attached hydrogens (tertiary/aromatic N) is 1. The molecule has 1 unspecified atom stereocenters. The standard InChI is InChI=1S/C14H29NO3/c1-17-9-7-15(8-10-18-2)12-14(16)11-13-5-3-4-6-13/h13-14,16H,3-12H2,1-2H3. The Bertz CT molecular complexity index is 187. The van der Waals surface area contributed by atoms with Crippen molar-refractivity contribution in [1.29, 1.82) is 0 Å². The predicted molar refractivity (Wildman–Crippen MR) is 72.8 cm³/mol. The number of ether oxygens (including phenoxy) is 2. The Kier molecular flexibility index (Phi) is 8.59. The fourth-order valence-electron chi connectivity index (χ4n) is 2.74. The lowest BCUT2D eigenvalue weighted by atomic mass is 10.00. The Morgan fingerprint density at radius 1 is 1.11 bits per heavy atom. The molecule has 0 aromatic rings. The summed E-state index contributed by atoms with van der Waals surface area (Å²) in [4.78, 5) is 2.23. The highest BCUT2D eigenvalue weighted by molar-refractivity contribution is 4.73. The molecule has 1 N–H and O–H groups in total. The molecular weight excluding hydrogens is 230 g/mol. The summed E-state index contributed by atoms with van der Waals surface area (Å²) in [7, 11) is 3.42. The van der Waals surface area contributed by atoms with Crippen LogP contribution in [0.1, 0.15) is 32.1 Å². The van der Waals surface area contributed by atoms with Gasteiger partial charge >= 0.3 is 0 Å². The average molecular weight is 259 g/mol. The molecule has 0 radical (unpaired) electrons. The number of rotatable bonds is 10. The van der Waals surface area contributed by atoms with Crippen LogP contribution >= 0.6 is 0 Å². The molecule has 0 aromatic heterocycles. The van der Waals surface area contributed by atoms with Gasteiger partial charge in [-0.25, -0.2) is 0 Å². The SMILES string of the molecule is COCCN(CCOC)CC(O)CC1CCCC1. The summed E-state index contributed by atoms with van der Waals surface area (Å²) in [5.41, 5.74) is 0. The van der Waals surface area contributed by atoms with Crippen LogP contribution in [0.25, 0.3) is 0 Å². The van der Waals surface area contributed by atoms with Gasteiger partial charge in [-0.05, 0) is 12.3 Å². The van der Waals surface area contributed by atoms with Gasteiger partial charge in [-0.2, -0.15) is 0 Å². The van der Waals surface area contributed by atoms with Gasteiger partial charge in [0.05, 0.1) is 19.3 Å². The van der Waals surface area contributed by atoms with Crippen LogP contribution in [0.3, 0.4) is 0 Å². The Morgan fingerprint density at radius 3 is 2.17 bits per heavy atom. The minimum absolute atomic E-state index is 0.207. The monoisotopic (exact) mass is 259 g/mol. The van der Waals surface area contributed by atoms with Crippen LogP contribution in [0.15, 0.2) is 0 Å². The van der Waals surface area contributed by atoms with Crippen molar-refractivity contribution in [2.75, 3.05) is 47.1 Å². The van der Waals surface area contributed by atoms with E-state index < -0.39 is 0 Å². The highest BCUT2D eigenvalue weighted by atomic mass is 16.5. The molecule has 0 spiro atoms. The van der Waals surface area contributed by atoms with E-state index in [1.54, 1.807) is 14.2 Å². The van der Waals surface area contributed by atoms with Crippen LogP contribution in [0.5, 0.6) is 0 Å². The lowest BCUT2D eigenvalue weighted by molar-refractivity contribution is 0.0592. The lowest BCUT2D eigenvalue weighted by Crippen LogP contribution is -2.37. The van der Waals surface area contributed by atoms with Gasteiger partial charge in [0.1, 0.15) is 0 Å². The van der Waals surface area contributed by atoms with Crippen LogP contribution in [-0.2, 0) is 9.47 Å². The van der Waals surface area contributed by atoms with Gasteiger partial charge in [-0.15, -0.1) is 0 Å². The topological polar surface area (TPSA) is 41.9 Å². The van der Waals surface area contributed by atoms with E-state index in [0.717, 1.165) is 32.0 Å². The van der Waals surface area contributed by atoms with Crippen LogP contribution < -0.4 is 0 Å². The second-order valence-electron chi connectivity index (χ2n) is 5.33. The number of methoxy groups -OCH3 is 2. The Hall–Kier alpha value is -0.160. The molecule has 1 aliphatic carbocycles. The zero-order chi connectivity index (χ0) is 13.2. The summed E-state index contributed by atoms with van der Waals surface area (Å²) in [5, 5.41) is 10.2. The third-order valence-corrected chi connectivity index (χ3v) is 3.77. The third-order valence-electron chi connectivity index (χ3n) is 3.77. The number of aliphatic hydroxyl groups excluding tert-OH is 1. The summed E-state index contributed by atoms with van der Waals surface area (Å²) in [5.74, 6) is 0.742. The lowest BCUT2D eigenvalue weighted by Gasteiger charge is -2.25. The van der Waals surface area contributed by atoms with Crippen LogP contribution in [0.4, 0.5) is 0 Å². The second kappa shape index (κ2) is 9.73. The fraction of sp³-hybridized carbons (Fsp3) is 1.00. The highest BCUT2D eigenvalue weighted by Gasteiger charge is 2.20. The van der Waals surface area contributed by atoms with E-state index in [1.165, 1.54) is 25.7 Å². The van der Waals surface area contributed by atoms with Crippen molar-refractivity contribution >= 4 is 0 Å². The minimum atomic E-state index is -0.207. The van der Waals surface area contributed by atoms with Crippen LogP contribution in [0, 0.1) is 5.92 Å². The molecule has 1 saturated carbocycles. The first-order valence-corrected chi connectivity index (χ1v) is 7.14. The fourth-order valence-corrected chi connectivity index (χ4v) is 2.74. The largest absolute Gasteiger partial charge is 0.392 e. The summed E-state index contributed by atoms with van der Waals surface area (Å²) in [6.45, 7) is 3.88. The Morgan fingerprint density at radius 2 is 1.67 bits per heavy atom. The van der Waals surface area contributed by atoms with Gasteiger partial charge in [0, 0.05) is 33.9 Å². The Labute approximate surface area is 111 Å². The zero-order valence-electron chi connectivity index (χ0n) is 11.9. The van der Waals surface area contributed by atoms with Crippen molar-refractivity contribution in [3.63, 3.8) is 0 Å². The van der Waals surface area contributed by atoms with Gasteiger partial charge in [0.15, 0.2) is 0 Å². The minimum Gasteiger partial charge on any atom is -0.392 e. The molecule has 0 aromatic carbocycles. The van der Waals surface area contributed by atoms with Gasteiger partial charge in [-0.1, -0.05) is 25.7 Å². The molecule has 1 aliphatic rings. The summed E-state index contributed by atoms with van der Waals surface area (Å²) in [6.07, 6.45) is 6.03. The van der Waals surface area contributed by atoms with Crippen molar-refractivity contribution in [2.24, 2.45) is 5.92 Å². The summed E-state index contributed by atoms with van der Waals surface area (Å²) in [6, 6.07) is 0. The maximum atomic E-state index is 10.2. The smallest absolute Gasteiger partial charge is 0.0669 e. The third kappa shape index (κ3) is 6.69. The number of hydrogen-bond acceptors (Lipinski definition) is 4. The molecule has 108 valence electrons. The number of hydrogen-bond donors (Lipinski definition) is 1. The summed E-state index contributed by atoms with van der Waals surface area (Å²) < 4.78 is 10.2. The van der Waals surface area contributed by atoms with E-state index in [-0.39, 0.29) is 6.10 Å². The van der Waals surface area contributed by atoms with E-state index in [9.17, 15) is 5.11 Å². The van der Waals surface area contributed by atoms with Gasteiger partial charge < -0.3 is 14.6 Å². The molecule has 0 amide bonds. The maximum absolute atomic E-state index is 10.2. The van der Waals surface area contributed by atoms with E-state index in [2.05, 4.69) is 4.90 Å². The van der Waals surface area contributed by atoms with Crippen molar-refractivity contribution in [3.05, 3.63) is 0 Å². The molecule has 0 heterocycles. The quantitative estimate of drug-likeness (QED) is 0.646. The van der Waals surface area contributed by atoms with Crippen LogP contribution in [-0.4, -0.2) is 63.2 Å². The molecule has 18 heavy (non-hydrogen) atoms. The first kappa shape index (κ1) is 15.9. The second-order valence-corrected chi connectivity index (χ2v) is 5.33. The molecule has 0 saturated heterocycles. The van der Waals surface area contributed by atoms with Crippen LogP contribution in [0.2, 0.25) is 0 Å². The molecule has 1 rings (SSSR count). The molecule has 4 heteroatoms. The van der Waals surface area contributed by atoms with E-state index >= 15 is 0 Å². The maximum Gasteiger partial charge on any atom is 0.0669 e. The molecule has 0 aliphatic heterocycles. The first-order chi connectivity index (χ1) is 8.76. The molecule has 4 nitrogen and oxygen atoms in total. The summed E-state index contributed by atoms with van der Waals surface area (Å²) >= 11 is 0. The van der Waals surface area contributed by atoms with Gasteiger partial charge in [-0.3, -0.25) is 4.90 Å². The Balaban J connectivity index is 2.23. The molecule has 1 atom stereocenters. The predicted octanol–water partition coefficient (Wildman–Crippen LogP) is 1.52. The van der Waals surface area contributed by atoms with Crippen molar-refractivity contribution in [1.82, 2.24) is 4.90 Å². The number of aliphatic hydroxyl groups is 1. The highest BCUT2D eigenvalue weighted by Crippen LogP contribution is 2.28. The average Bonchev–Trinajstić information content (AvgIpc) is 2.85. The molecular formula is C14H29NO3. The first-order valence-electron chi connectivity index (χ1n) is 7.14. The normalized spacial score (nSPS) is 18.7. The van der Waals surface area contributed by atoms with E-state index in [4.69, 9.17) is 9.47 Å². The molecule has 0 bridgehead atoms. The molecule has 1 fully saturated rings. The van der Waals surface area contributed by atoms with Crippen molar-refractivity contribution in [2.45, 2.75) is 38.2 Å². The zero-order valence-corrected chi connectivity index (χ0v) is 11.9. The van der Waals surface area contributed by atoms with Gasteiger partial charge in [0.2, 0.25) is 0 Å².